The molecule has 2 nitrogen and oxygen atoms in total. The highest BCUT2D eigenvalue weighted by Crippen LogP contribution is 2.43. The Morgan fingerprint density at radius 2 is 1.38 bits per heavy atom. The standard InChI is InChI=1S/C15H12BrF3O2/c1-20-11-4-3-5-12(21-2)14(11)15(16)13-9(18)6-8(17)7-10(13)19/h3-7,15H,1-2H3. The first-order valence-electron chi connectivity index (χ1n) is 5.99. The fourth-order valence-electron chi connectivity index (χ4n) is 2.07. The molecule has 0 fully saturated rings. The molecular formula is C15H12BrF3O2. The number of benzene rings is 2. The van der Waals surface area contributed by atoms with Gasteiger partial charge in [0.1, 0.15) is 29.0 Å². The third-order valence-corrected chi connectivity index (χ3v) is 3.93. The van der Waals surface area contributed by atoms with Gasteiger partial charge in [-0.3, -0.25) is 0 Å². The average Bonchev–Trinajstić information content (AvgIpc) is 2.44. The summed E-state index contributed by atoms with van der Waals surface area (Å²) in [4.78, 5) is -0.885. The second-order valence-corrected chi connectivity index (χ2v) is 5.14. The molecule has 0 bridgehead atoms. The fourth-order valence-corrected chi connectivity index (χ4v) is 2.96. The van der Waals surface area contributed by atoms with Gasteiger partial charge in [0, 0.05) is 17.7 Å². The normalized spacial score (nSPS) is 12.1. The number of alkyl halides is 1. The minimum Gasteiger partial charge on any atom is -0.496 e. The van der Waals surface area contributed by atoms with Gasteiger partial charge in [0.2, 0.25) is 0 Å². The third kappa shape index (κ3) is 3.00. The zero-order valence-corrected chi connectivity index (χ0v) is 12.9. The molecule has 6 heteroatoms. The van der Waals surface area contributed by atoms with Gasteiger partial charge < -0.3 is 9.47 Å². The molecule has 0 saturated carbocycles. The van der Waals surface area contributed by atoms with Crippen LogP contribution in [0.2, 0.25) is 0 Å². The molecule has 0 aromatic heterocycles. The Bertz CT molecular complexity index is 616. The summed E-state index contributed by atoms with van der Waals surface area (Å²) < 4.78 is 51.3. The Hall–Kier alpha value is -1.69. The molecule has 0 N–H and O–H groups in total. The molecule has 1 unspecified atom stereocenters. The second kappa shape index (κ2) is 6.39. The van der Waals surface area contributed by atoms with Crippen molar-refractivity contribution in [2.24, 2.45) is 0 Å². The van der Waals surface area contributed by atoms with Crippen LogP contribution in [0.25, 0.3) is 0 Å². The summed E-state index contributed by atoms with van der Waals surface area (Å²) in [5, 5.41) is 0. The molecule has 0 heterocycles. The van der Waals surface area contributed by atoms with Crippen LogP contribution in [0.15, 0.2) is 30.3 Å². The van der Waals surface area contributed by atoms with Gasteiger partial charge in [0.15, 0.2) is 0 Å². The number of halogens is 4. The van der Waals surface area contributed by atoms with E-state index in [0.29, 0.717) is 29.2 Å². The highest BCUT2D eigenvalue weighted by atomic mass is 79.9. The van der Waals surface area contributed by atoms with Crippen LogP contribution < -0.4 is 9.47 Å². The van der Waals surface area contributed by atoms with Gasteiger partial charge in [-0.05, 0) is 12.1 Å². The van der Waals surface area contributed by atoms with E-state index < -0.39 is 22.3 Å². The van der Waals surface area contributed by atoms with Gasteiger partial charge >= 0.3 is 0 Å². The smallest absolute Gasteiger partial charge is 0.133 e. The lowest BCUT2D eigenvalue weighted by molar-refractivity contribution is 0.386. The molecule has 1 atom stereocenters. The van der Waals surface area contributed by atoms with Crippen LogP contribution in [0.5, 0.6) is 11.5 Å². The predicted molar refractivity (Wildman–Crippen MR) is 76.6 cm³/mol. The van der Waals surface area contributed by atoms with Crippen LogP contribution in [0.3, 0.4) is 0 Å². The molecule has 0 aliphatic heterocycles. The predicted octanol–water partition coefficient (Wildman–Crippen LogP) is 4.61. The molecule has 112 valence electrons. The quantitative estimate of drug-likeness (QED) is 0.741. The first-order valence-corrected chi connectivity index (χ1v) is 6.90. The highest BCUT2D eigenvalue weighted by molar-refractivity contribution is 9.09. The Morgan fingerprint density at radius 1 is 0.905 bits per heavy atom. The fraction of sp³-hybridized carbons (Fsp3) is 0.200. The molecule has 0 aliphatic rings. The van der Waals surface area contributed by atoms with E-state index in [1.165, 1.54) is 14.2 Å². The van der Waals surface area contributed by atoms with Crippen molar-refractivity contribution in [1.29, 1.82) is 0 Å². The Morgan fingerprint density at radius 3 is 1.81 bits per heavy atom. The Balaban J connectivity index is 2.62. The van der Waals surface area contributed by atoms with Gasteiger partial charge in [-0.2, -0.15) is 0 Å². The molecular weight excluding hydrogens is 349 g/mol. The van der Waals surface area contributed by atoms with Crippen molar-refractivity contribution in [2.75, 3.05) is 14.2 Å². The van der Waals surface area contributed by atoms with Crippen LogP contribution in [0.4, 0.5) is 13.2 Å². The summed E-state index contributed by atoms with van der Waals surface area (Å²) in [6.07, 6.45) is 0. The van der Waals surface area contributed by atoms with Gasteiger partial charge in [0.05, 0.1) is 24.6 Å². The molecule has 0 amide bonds. The van der Waals surface area contributed by atoms with E-state index in [2.05, 4.69) is 15.9 Å². The van der Waals surface area contributed by atoms with E-state index in [-0.39, 0.29) is 5.56 Å². The van der Waals surface area contributed by atoms with Crippen molar-refractivity contribution in [3.8, 4) is 11.5 Å². The third-order valence-electron chi connectivity index (χ3n) is 3.02. The molecule has 21 heavy (non-hydrogen) atoms. The maximum Gasteiger partial charge on any atom is 0.133 e. The summed E-state index contributed by atoms with van der Waals surface area (Å²) in [5.74, 6) is -2.14. The Kier molecular flexibility index (Phi) is 4.77. The van der Waals surface area contributed by atoms with Crippen LogP contribution in [-0.2, 0) is 0 Å². The van der Waals surface area contributed by atoms with E-state index in [0.717, 1.165) is 0 Å². The van der Waals surface area contributed by atoms with E-state index in [1.807, 2.05) is 0 Å². The number of rotatable bonds is 4. The lowest BCUT2D eigenvalue weighted by Crippen LogP contribution is -2.05. The maximum atomic E-state index is 13.9. The van der Waals surface area contributed by atoms with E-state index in [9.17, 15) is 13.2 Å². The van der Waals surface area contributed by atoms with Gasteiger partial charge in [-0.1, -0.05) is 22.0 Å². The van der Waals surface area contributed by atoms with Crippen molar-refractivity contribution in [3.63, 3.8) is 0 Å². The monoisotopic (exact) mass is 360 g/mol. The molecule has 2 aromatic carbocycles. The number of hydrogen-bond donors (Lipinski definition) is 0. The zero-order valence-electron chi connectivity index (χ0n) is 11.3. The van der Waals surface area contributed by atoms with Crippen LogP contribution in [-0.4, -0.2) is 14.2 Å². The van der Waals surface area contributed by atoms with E-state index in [1.54, 1.807) is 18.2 Å². The second-order valence-electron chi connectivity index (χ2n) is 4.22. The molecule has 0 radical (unpaired) electrons. The lowest BCUT2D eigenvalue weighted by atomic mass is 10.0. The van der Waals surface area contributed by atoms with E-state index >= 15 is 0 Å². The van der Waals surface area contributed by atoms with Crippen LogP contribution in [0, 0.1) is 17.5 Å². The highest BCUT2D eigenvalue weighted by Gasteiger charge is 2.26. The SMILES string of the molecule is COc1cccc(OC)c1C(Br)c1c(F)cc(F)cc1F. The average molecular weight is 361 g/mol. The minimum atomic E-state index is -0.984. The molecule has 2 rings (SSSR count). The van der Waals surface area contributed by atoms with E-state index in [4.69, 9.17) is 9.47 Å². The van der Waals surface area contributed by atoms with Crippen molar-refractivity contribution in [2.45, 2.75) is 4.83 Å². The minimum absolute atomic E-state index is 0.306. The summed E-state index contributed by atoms with van der Waals surface area (Å²) in [5.41, 5.74) is 0.117. The zero-order chi connectivity index (χ0) is 15.6. The largest absolute Gasteiger partial charge is 0.496 e. The first kappa shape index (κ1) is 15.7. The molecule has 0 saturated heterocycles. The number of ether oxygens (including phenoxy) is 2. The maximum absolute atomic E-state index is 13.9. The summed E-state index contributed by atoms with van der Waals surface area (Å²) in [6.45, 7) is 0. The number of methoxy groups -OCH3 is 2. The van der Waals surface area contributed by atoms with Gasteiger partial charge in [0.25, 0.3) is 0 Å². The van der Waals surface area contributed by atoms with Crippen molar-refractivity contribution in [3.05, 3.63) is 58.9 Å². The van der Waals surface area contributed by atoms with Crippen LogP contribution >= 0.6 is 15.9 Å². The first-order chi connectivity index (χ1) is 9.99. The topological polar surface area (TPSA) is 18.5 Å². The summed E-state index contributed by atoms with van der Waals surface area (Å²) >= 11 is 3.24. The molecule has 2 aromatic rings. The van der Waals surface area contributed by atoms with Gasteiger partial charge in [-0.15, -0.1) is 0 Å². The Labute approximate surface area is 128 Å². The summed E-state index contributed by atoms with van der Waals surface area (Å²) in [6, 6.07) is 6.25. The van der Waals surface area contributed by atoms with Crippen molar-refractivity contribution in [1.82, 2.24) is 0 Å². The molecule has 0 aliphatic carbocycles. The van der Waals surface area contributed by atoms with Crippen molar-refractivity contribution < 1.29 is 22.6 Å². The van der Waals surface area contributed by atoms with Gasteiger partial charge in [-0.25, -0.2) is 13.2 Å². The lowest BCUT2D eigenvalue weighted by Gasteiger charge is -2.19. The summed E-state index contributed by atoms with van der Waals surface area (Å²) in [7, 11) is 2.88. The van der Waals surface area contributed by atoms with Crippen molar-refractivity contribution >= 4 is 15.9 Å². The van der Waals surface area contributed by atoms with Crippen LogP contribution in [0.1, 0.15) is 16.0 Å². The molecule has 0 spiro atoms. The number of hydrogen-bond acceptors (Lipinski definition) is 2.